The SMILES string of the molecule is C#Cc1ccc(-[n+]2cc3n(c2)CC(=O)N(C)C3)cc1. The van der Waals surface area contributed by atoms with Gasteiger partial charge in [-0.15, -0.1) is 6.42 Å². The van der Waals surface area contributed by atoms with E-state index in [1.165, 1.54) is 0 Å². The van der Waals surface area contributed by atoms with E-state index in [9.17, 15) is 4.79 Å². The molecule has 0 N–H and O–H groups in total. The first kappa shape index (κ1) is 11.5. The molecule has 0 spiro atoms. The molecule has 0 radical (unpaired) electrons. The van der Waals surface area contributed by atoms with Gasteiger partial charge in [-0.25, -0.2) is 9.13 Å². The lowest BCUT2D eigenvalue weighted by molar-refractivity contribution is -0.595. The van der Waals surface area contributed by atoms with Gasteiger partial charge in [0.25, 0.3) is 5.91 Å². The van der Waals surface area contributed by atoms with Crippen LogP contribution in [0.3, 0.4) is 0 Å². The first-order valence-electron chi connectivity index (χ1n) is 6.09. The number of benzene rings is 1. The minimum Gasteiger partial charge on any atom is -0.334 e. The van der Waals surface area contributed by atoms with Gasteiger partial charge >= 0.3 is 0 Å². The molecule has 0 fully saturated rings. The average molecular weight is 252 g/mol. The summed E-state index contributed by atoms with van der Waals surface area (Å²) < 4.78 is 4.00. The fourth-order valence-corrected chi connectivity index (χ4v) is 2.23. The molecule has 3 rings (SSSR count). The number of aromatic nitrogens is 2. The minimum atomic E-state index is 0.137. The van der Waals surface area contributed by atoms with Crippen molar-refractivity contribution in [1.82, 2.24) is 9.47 Å². The maximum absolute atomic E-state index is 11.7. The van der Waals surface area contributed by atoms with Crippen molar-refractivity contribution in [3.05, 3.63) is 48.0 Å². The Morgan fingerprint density at radius 2 is 2.00 bits per heavy atom. The minimum absolute atomic E-state index is 0.137. The largest absolute Gasteiger partial charge is 0.334 e. The maximum Gasteiger partial charge on any atom is 0.265 e. The predicted molar refractivity (Wildman–Crippen MR) is 70.4 cm³/mol. The van der Waals surface area contributed by atoms with E-state index < -0.39 is 0 Å². The molecule has 19 heavy (non-hydrogen) atoms. The van der Waals surface area contributed by atoms with Crippen LogP contribution in [0.25, 0.3) is 5.69 Å². The number of likely N-dealkylation sites (N-methyl/N-ethyl adjacent to an activating group) is 1. The Morgan fingerprint density at radius 3 is 2.68 bits per heavy atom. The number of imidazole rings is 1. The van der Waals surface area contributed by atoms with Crippen molar-refractivity contribution in [2.75, 3.05) is 7.05 Å². The van der Waals surface area contributed by atoms with Crippen molar-refractivity contribution in [2.45, 2.75) is 13.1 Å². The lowest BCUT2D eigenvalue weighted by atomic mass is 10.2. The summed E-state index contributed by atoms with van der Waals surface area (Å²) >= 11 is 0. The Morgan fingerprint density at radius 1 is 1.26 bits per heavy atom. The number of hydrogen-bond donors (Lipinski definition) is 0. The van der Waals surface area contributed by atoms with Crippen LogP contribution in [0.5, 0.6) is 0 Å². The molecule has 0 unspecified atom stereocenters. The van der Waals surface area contributed by atoms with Crippen LogP contribution in [0.1, 0.15) is 11.3 Å². The number of hydrogen-bond acceptors (Lipinski definition) is 1. The fraction of sp³-hybridized carbons (Fsp3) is 0.200. The molecule has 0 saturated heterocycles. The molecule has 4 heteroatoms. The first-order chi connectivity index (χ1) is 9.17. The molecule has 1 aliphatic rings. The molecule has 2 heterocycles. The molecule has 0 saturated carbocycles. The van der Waals surface area contributed by atoms with Gasteiger partial charge in [-0.2, -0.15) is 0 Å². The molecule has 0 atom stereocenters. The Kier molecular flexibility index (Phi) is 2.60. The molecular weight excluding hydrogens is 238 g/mol. The van der Waals surface area contributed by atoms with E-state index in [0.717, 1.165) is 16.9 Å². The Bertz CT molecular complexity index is 676. The highest BCUT2D eigenvalue weighted by atomic mass is 16.2. The Balaban J connectivity index is 1.97. The zero-order chi connectivity index (χ0) is 13.4. The van der Waals surface area contributed by atoms with E-state index in [4.69, 9.17) is 6.42 Å². The average Bonchev–Trinajstić information content (AvgIpc) is 2.82. The van der Waals surface area contributed by atoms with Gasteiger partial charge in [0.05, 0.1) is 6.54 Å². The fourth-order valence-electron chi connectivity index (χ4n) is 2.23. The van der Waals surface area contributed by atoms with Crippen LogP contribution in [-0.2, 0) is 17.9 Å². The number of rotatable bonds is 1. The Hall–Kier alpha value is -2.54. The molecule has 94 valence electrons. The number of amides is 1. The standard InChI is InChI=1S/C15H14N3O/c1-3-12-4-6-13(7-5-12)17-9-14-8-16(2)15(19)10-18(14)11-17/h1,4-7,9,11H,8,10H2,2H3/q+1. The van der Waals surface area contributed by atoms with Crippen molar-refractivity contribution >= 4 is 5.91 Å². The zero-order valence-corrected chi connectivity index (χ0v) is 10.7. The normalized spacial score (nSPS) is 14.1. The quantitative estimate of drug-likeness (QED) is 0.543. The van der Waals surface area contributed by atoms with Crippen molar-refractivity contribution in [3.8, 4) is 18.0 Å². The van der Waals surface area contributed by atoms with E-state index in [1.807, 2.05) is 53.0 Å². The second-order valence-corrected chi connectivity index (χ2v) is 4.71. The third kappa shape index (κ3) is 2.00. The number of nitrogens with zero attached hydrogens (tertiary/aromatic N) is 3. The van der Waals surface area contributed by atoms with Gasteiger partial charge in [0.15, 0.2) is 12.2 Å². The molecule has 1 aromatic carbocycles. The van der Waals surface area contributed by atoms with Crippen LogP contribution in [0.15, 0.2) is 36.8 Å². The molecule has 0 bridgehead atoms. The van der Waals surface area contributed by atoms with Crippen molar-refractivity contribution < 1.29 is 9.36 Å². The third-order valence-corrected chi connectivity index (χ3v) is 3.38. The molecule has 1 aliphatic heterocycles. The summed E-state index contributed by atoms with van der Waals surface area (Å²) in [4.78, 5) is 13.4. The van der Waals surface area contributed by atoms with Gasteiger partial charge in [0, 0.05) is 12.6 Å². The zero-order valence-electron chi connectivity index (χ0n) is 10.7. The molecule has 1 amide bonds. The van der Waals surface area contributed by atoms with Crippen LogP contribution < -0.4 is 4.57 Å². The Labute approximate surface area is 111 Å². The van der Waals surface area contributed by atoms with Crippen molar-refractivity contribution in [3.63, 3.8) is 0 Å². The van der Waals surface area contributed by atoms with Gasteiger partial charge in [-0.1, -0.05) is 5.92 Å². The highest BCUT2D eigenvalue weighted by Crippen LogP contribution is 2.11. The van der Waals surface area contributed by atoms with E-state index in [-0.39, 0.29) is 5.91 Å². The van der Waals surface area contributed by atoms with Crippen LogP contribution in [0, 0.1) is 12.3 Å². The van der Waals surface area contributed by atoms with E-state index in [2.05, 4.69) is 5.92 Å². The second kappa shape index (κ2) is 4.29. The monoisotopic (exact) mass is 252 g/mol. The number of carbonyl (C=O) groups is 1. The van der Waals surface area contributed by atoms with E-state index in [0.29, 0.717) is 13.1 Å². The predicted octanol–water partition coefficient (Wildman–Crippen LogP) is 0.718. The van der Waals surface area contributed by atoms with Gasteiger partial charge in [0.2, 0.25) is 6.33 Å². The summed E-state index contributed by atoms with van der Waals surface area (Å²) in [5.74, 6) is 2.74. The summed E-state index contributed by atoms with van der Waals surface area (Å²) in [7, 11) is 1.82. The maximum atomic E-state index is 11.7. The number of terminal acetylenes is 1. The topological polar surface area (TPSA) is 29.1 Å². The molecule has 1 aromatic heterocycles. The van der Waals surface area contributed by atoms with Gasteiger partial charge in [-0.05, 0) is 24.3 Å². The summed E-state index contributed by atoms with van der Waals surface area (Å²) in [6.07, 6.45) is 9.34. The number of fused-ring (bicyclic) bond motifs is 1. The van der Waals surface area contributed by atoms with Gasteiger partial charge < -0.3 is 4.90 Å². The van der Waals surface area contributed by atoms with Crippen molar-refractivity contribution in [1.29, 1.82) is 0 Å². The smallest absolute Gasteiger partial charge is 0.265 e. The summed E-state index contributed by atoms with van der Waals surface area (Å²) in [6, 6.07) is 7.78. The van der Waals surface area contributed by atoms with Crippen LogP contribution in [0.4, 0.5) is 0 Å². The summed E-state index contributed by atoms with van der Waals surface area (Å²) in [5.41, 5.74) is 3.03. The highest BCUT2D eigenvalue weighted by Gasteiger charge is 2.26. The summed E-state index contributed by atoms with van der Waals surface area (Å²) in [6.45, 7) is 1.05. The van der Waals surface area contributed by atoms with E-state index >= 15 is 0 Å². The number of carbonyl (C=O) groups excluding carboxylic acids is 1. The van der Waals surface area contributed by atoms with Crippen molar-refractivity contribution in [2.24, 2.45) is 0 Å². The van der Waals surface area contributed by atoms with Gasteiger partial charge in [0.1, 0.15) is 11.9 Å². The first-order valence-corrected chi connectivity index (χ1v) is 6.09. The van der Waals surface area contributed by atoms with Gasteiger partial charge in [-0.3, -0.25) is 4.79 Å². The van der Waals surface area contributed by atoms with Crippen LogP contribution >= 0.6 is 0 Å². The lowest BCUT2D eigenvalue weighted by Gasteiger charge is -2.19. The molecule has 2 aromatic rings. The summed E-state index contributed by atoms with van der Waals surface area (Å²) in [5, 5.41) is 0. The second-order valence-electron chi connectivity index (χ2n) is 4.71. The lowest BCUT2D eigenvalue weighted by Crippen LogP contribution is -2.35. The third-order valence-electron chi connectivity index (χ3n) is 3.38. The molecule has 0 aliphatic carbocycles. The molecular formula is C15H14N3O+. The van der Waals surface area contributed by atoms with E-state index in [1.54, 1.807) is 4.90 Å². The highest BCUT2D eigenvalue weighted by molar-refractivity contribution is 5.76. The van der Waals surface area contributed by atoms with Crippen LogP contribution in [0.2, 0.25) is 0 Å². The van der Waals surface area contributed by atoms with Crippen LogP contribution in [-0.4, -0.2) is 22.4 Å². The molecule has 4 nitrogen and oxygen atoms in total.